The quantitative estimate of drug-likeness (QED) is 0.488. The van der Waals surface area contributed by atoms with Crippen molar-refractivity contribution in [1.29, 1.82) is 5.26 Å². The largest absolute Gasteiger partial charge is 0.254 e. The van der Waals surface area contributed by atoms with Crippen LogP contribution in [0, 0.1) is 11.3 Å². The maximum atomic E-state index is 8.88. The molecular formula is C19H11N3. The topological polar surface area (TPSA) is 49.6 Å². The molecule has 0 aliphatic carbocycles. The third-order valence-corrected chi connectivity index (χ3v) is 3.74. The number of rotatable bonds is 1. The van der Waals surface area contributed by atoms with Crippen LogP contribution in [0.3, 0.4) is 0 Å². The van der Waals surface area contributed by atoms with Crippen LogP contribution in [0.5, 0.6) is 0 Å². The first kappa shape index (κ1) is 12.5. The van der Waals surface area contributed by atoms with Gasteiger partial charge in [-0.05, 0) is 24.3 Å². The molecule has 4 rings (SSSR count). The number of pyridine rings is 2. The summed E-state index contributed by atoms with van der Waals surface area (Å²) in [7, 11) is 0. The molecule has 0 saturated heterocycles. The van der Waals surface area contributed by atoms with E-state index in [2.05, 4.69) is 29.3 Å². The van der Waals surface area contributed by atoms with Gasteiger partial charge in [-0.25, -0.2) is 4.98 Å². The van der Waals surface area contributed by atoms with Gasteiger partial charge in [-0.3, -0.25) is 4.98 Å². The predicted octanol–water partition coefficient (Wildman–Crippen LogP) is 4.32. The van der Waals surface area contributed by atoms with E-state index in [9.17, 15) is 0 Å². The van der Waals surface area contributed by atoms with Gasteiger partial charge in [0.25, 0.3) is 0 Å². The molecule has 0 fully saturated rings. The molecule has 0 bridgehead atoms. The van der Waals surface area contributed by atoms with Gasteiger partial charge in [0.15, 0.2) is 0 Å². The maximum Gasteiger partial charge on any atom is 0.0991 e. The van der Waals surface area contributed by atoms with Crippen LogP contribution in [-0.2, 0) is 0 Å². The van der Waals surface area contributed by atoms with Gasteiger partial charge in [0.05, 0.1) is 28.4 Å². The monoisotopic (exact) mass is 281 g/mol. The summed E-state index contributed by atoms with van der Waals surface area (Å²) in [5, 5.41) is 11.0. The molecule has 0 aliphatic rings. The molecule has 3 nitrogen and oxygen atoms in total. The summed E-state index contributed by atoms with van der Waals surface area (Å²) >= 11 is 0. The lowest BCUT2D eigenvalue weighted by atomic mass is 10.1. The second-order valence-corrected chi connectivity index (χ2v) is 5.10. The number of nitriles is 1. The Morgan fingerprint density at radius 1 is 0.773 bits per heavy atom. The fraction of sp³-hybridized carbons (Fsp3) is 0. The zero-order valence-electron chi connectivity index (χ0n) is 11.7. The molecule has 0 spiro atoms. The lowest BCUT2D eigenvalue weighted by molar-refractivity contribution is 1.37. The van der Waals surface area contributed by atoms with E-state index in [1.54, 1.807) is 6.20 Å². The SMILES string of the molecule is N#Cc1ccc(-c2ccc3ccc4cccnc4c3n2)cc1. The summed E-state index contributed by atoms with van der Waals surface area (Å²) in [4.78, 5) is 9.25. The van der Waals surface area contributed by atoms with E-state index in [0.29, 0.717) is 5.56 Å². The number of hydrogen-bond acceptors (Lipinski definition) is 3. The van der Waals surface area contributed by atoms with Gasteiger partial charge in [0.2, 0.25) is 0 Å². The van der Waals surface area contributed by atoms with E-state index in [0.717, 1.165) is 33.1 Å². The second kappa shape index (κ2) is 4.94. The fourth-order valence-electron chi connectivity index (χ4n) is 2.60. The van der Waals surface area contributed by atoms with Crippen LogP contribution in [0.1, 0.15) is 5.56 Å². The number of fused-ring (bicyclic) bond motifs is 3. The smallest absolute Gasteiger partial charge is 0.0991 e. The summed E-state index contributed by atoms with van der Waals surface area (Å²) in [6.07, 6.45) is 1.79. The Morgan fingerprint density at radius 3 is 2.27 bits per heavy atom. The van der Waals surface area contributed by atoms with Crippen molar-refractivity contribution >= 4 is 21.8 Å². The molecule has 0 saturated carbocycles. The highest BCUT2D eigenvalue weighted by Gasteiger charge is 2.06. The summed E-state index contributed by atoms with van der Waals surface area (Å²) in [5.74, 6) is 0. The van der Waals surface area contributed by atoms with Crippen LogP contribution < -0.4 is 0 Å². The van der Waals surface area contributed by atoms with Gasteiger partial charge in [0.1, 0.15) is 0 Å². The van der Waals surface area contributed by atoms with Gasteiger partial charge in [-0.1, -0.05) is 36.4 Å². The Hall–Kier alpha value is -3.25. The van der Waals surface area contributed by atoms with Crippen LogP contribution >= 0.6 is 0 Å². The standard InChI is InChI=1S/C19H11N3/c20-12-13-3-5-14(6-4-13)17-10-9-16-8-7-15-2-1-11-21-18(15)19(16)22-17/h1-11H. The first-order valence-corrected chi connectivity index (χ1v) is 7.00. The van der Waals surface area contributed by atoms with Crippen LogP contribution in [0.15, 0.2) is 66.9 Å². The second-order valence-electron chi connectivity index (χ2n) is 5.10. The minimum Gasteiger partial charge on any atom is -0.254 e. The molecule has 2 aromatic heterocycles. The number of nitrogens with zero attached hydrogens (tertiary/aromatic N) is 3. The Kier molecular flexibility index (Phi) is 2.80. The first-order valence-electron chi connectivity index (χ1n) is 7.00. The van der Waals surface area contributed by atoms with Crippen LogP contribution in [0.25, 0.3) is 33.1 Å². The lowest BCUT2D eigenvalue weighted by Gasteiger charge is -2.06. The van der Waals surface area contributed by atoms with Crippen molar-refractivity contribution in [3.8, 4) is 17.3 Å². The number of aromatic nitrogens is 2. The lowest BCUT2D eigenvalue weighted by Crippen LogP contribution is -1.88. The molecule has 102 valence electrons. The van der Waals surface area contributed by atoms with E-state index in [4.69, 9.17) is 10.2 Å². The van der Waals surface area contributed by atoms with E-state index in [-0.39, 0.29) is 0 Å². The molecule has 22 heavy (non-hydrogen) atoms. The Balaban J connectivity index is 1.95. The van der Waals surface area contributed by atoms with Gasteiger partial charge >= 0.3 is 0 Å². The Labute approximate surface area is 127 Å². The maximum absolute atomic E-state index is 8.88. The molecule has 2 aromatic carbocycles. The van der Waals surface area contributed by atoms with Crippen molar-refractivity contribution in [2.24, 2.45) is 0 Å². The van der Waals surface area contributed by atoms with Crippen LogP contribution in [-0.4, -0.2) is 9.97 Å². The average molecular weight is 281 g/mol. The van der Waals surface area contributed by atoms with Crippen molar-refractivity contribution in [3.05, 3.63) is 72.4 Å². The molecule has 0 radical (unpaired) electrons. The molecule has 0 aliphatic heterocycles. The highest BCUT2D eigenvalue weighted by atomic mass is 14.7. The molecule has 2 heterocycles. The van der Waals surface area contributed by atoms with Gasteiger partial charge in [-0.2, -0.15) is 5.26 Å². The highest BCUT2D eigenvalue weighted by molar-refractivity contribution is 6.03. The fourth-order valence-corrected chi connectivity index (χ4v) is 2.60. The average Bonchev–Trinajstić information content (AvgIpc) is 2.61. The summed E-state index contributed by atoms with van der Waals surface area (Å²) in [5.41, 5.74) is 4.34. The predicted molar refractivity (Wildman–Crippen MR) is 87.2 cm³/mol. The van der Waals surface area contributed by atoms with Gasteiger partial charge in [0, 0.05) is 22.5 Å². The van der Waals surface area contributed by atoms with Crippen LogP contribution in [0.2, 0.25) is 0 Å². The van der Waals surface area contributed by atoms with Crippen molar-refractivity contribution < 1.29 is 0 Å². The zero-order valence-corrected chi connectivity index (χ0v) is 11.7. The summed E-state index contributed by atoms with van der Waals surface area (Å²) in [6.45, 7) is 0. The molecule has 0 atom stereocenters. The normalized spacial score (nSPS) is 10.7. The molecule has 4 aromatic rings. The van der Waals surface area contributed by atoms with Crippen molar-refractivity contribution in [1.82, 2.24) is 9.97 Å². The van der Waals surface area contributed by atoms with E-state index < -0.39 is 0 Å². The summed E-state index contributed by atoms with van der Waals surface area (Å²) < 4.78 is 0. The Morgan fingerprint density at radius 2 is 1.50 bits per heavy atom. The van der Waals surface area contributed by atoms with Crippen LogP contribution in [0.4, 0.5) is 0 Å². The van der Waals surface area contributed by atoms with Gasteiger partial charge in [-0.15, -0.1) is 0 Å². The van der Waals surface area contributed by atoms with E-state index in [1.165, 1.54) is 0 Å². The van der Waals surface area contributed by atoms with E-state index in [1.807, 2.05) is 42.5 Å². The van der Waals surface area contributed by atoms with Crippen molar-refractivity contribution in [3.63, 3.8) is 0 Å². The van der Waals surface area contributed by atoms with Crippen molar-refractivity contribution in [2.45, 2.75) is 0 Å². The highest BCUT2D eigenvalue weighted by Crippen LogP contribution is 2.25. The zero-order chi connectivity index (χ0) is 14.9. The number of hydrogen-bond donors (Lipinski definition) is 0. The molecule has 0 N–H and O–H groups in total. The first-order chi connectivity index (χ1) is 10.8. The molecule has 0 unspecified atom stereocenters. The molecular weight excluding hydrogens is 270 g/mol. The Bertz CT molecular complexity index is 1030. The van der Waals surface area contributed by atoms with Gasteiger partial charge < -0.3 is 0 Å². The minimum atomic E-state index is 0.650. The minimum absolute atomic E-state index is 0.650. The van der Waals surface area contributed by atoms with E-state index >= 15 is 0 Å². The summed E-state index contributed by atoms with van der Waals surface area (Å²) in [6, 6.07) is 21.7. The third kappa shape index (κ3) is 1.99. The molecule has 3 heteroatoms. The third-order valence-electron chi connectivity index (χ3n) is 3.74. The molecule has 0 amide bonds. The van der Waals surface area contributed by atoms with Crippen molar-refractivity contribution in [2.75, 3.05) is 0 Å². The number of benzene rings is 2.